The van der Waals surface area contributed by atoms with Crippen LogP contribution < -0.4 is 5.32 Å². The largest absolute Gasteiger partial charge is 0.379 e. The molecule has 0 aromatic heterocycles. The van der Waals surface area contributed by atoms with Crippen molar-refractivity contribution in [2.24, 2.45) is 11.8 Å². The van der Waals surface area contributed by atoms with Crippen molar-refractivity contribution in [3.63, 3.8) is 0 Å². The van der Waals surface area contributed by atoms with Crippen LogP contribution in [0, 0.1) is 11.8 Å². The van der Waals surface area contributed by atoms with E-state index in [1.807, 2.05) is 0 Å². The van der Waals surface area contributed by atoms with Gasteiger partial charge < -0.3 is 24.3 Å². The molecule has 0 aliphatic carbocycles. The lowest BCUT2D eigenvalue weighted by molar-refractivity contribution is -0.132. The van der Waals surface area contributed by atoms with E-state index in [1.54, 1.807) is 0 Å². The van der Waals surface area contributed by atoms with Crippen LogP contribution in [0.3, 0.4) is 0 Å². The lowest BCUT2D eigenvalue weighted by atomic mass is 10.0. The topological polar surface area (TPSA) is 66.0 Å². The Kier molecular flexibility index (Phi) is 15.9. The molecule has 0 rings (SSSR count). The Hall–Kier alpha value is -0.690. The highest BCUT2D eigenvalue weighted by Crippen LogP contribution is 2.11. The quantitative estimate of drug-likeness (QED) is 0.364. The van der Waals surface area contributed by atoms with Crippen LogP contribution in [-0.2, 0) is 23.7 Å². The molecule has 0 fully saturated rings. The molecule has 1 amide bonds. The SMILES string of the molecule is CCCCOCC(=O)NC(COCCC)(COCC(C)C)COCC(C)C. The Morgan fingerprint density at radius 3 is 1.85 bits per heavy atom. The van der Waals surface area contributed by atoms with Crippen molar-refractivity contribution in [2.75, 3.05) is 52.9 Å². The zero-order valence-corrected chi connectivity index (χ0v) is 18.5. The van der Waals surface area contributed by atoms with E-state index in [4.69, 9.17) is 18.9 Å². The fourth-order valence-electron chi connectivity index (χ4n) is 2.37. The van der Waals surface area contributed by atoms with E-state index in [2.05, 4.69) is 46.9 Å². The molecular weight excluding hydrogens is 346 g/mol. The van der Waals surface area contributed by atoms with Crippen molar-refractivity contribution in [1.82, 2.24) is 5.32 Å². The molecular formula is C21H43NO5. The number of hydrogen-bond acceptors (Lipinski definition) is 5. The van der Waals surface area contributed by atoms with E-state index < -0.39 is 5.54 Å². The van der Waals surface area contributed by atoms with Crippen molar-refractivity contribution < 1.29 is 23.7 Å². The minimum Gasteiger partial charge on any atom is -0.379 e. The maximum absolute atomic E-state index is 12.4. The molecule has 0 saturated heterocycles. The summed E-state index contributed by atoms with van der Waals surface area (Å²) in [4.78, 5) is 12.4. The van der Waals surface area contributed by atoms with Gasteiger partial charge in [-0.1, -0.05) is 48.0 Å². The van der Waals surface area contributed by atoms with Gasteiger partial charge in [0.25, 0.3) is 0 Å². The molecule has 27 heavy (non-hydrogen) atoms. The highest BCUT2D eigenvalue weighted by molar-refractivity contribution is 5.78. The van der Waals surface area contributed by atoms with Gasteiger partial charge in [0, 0.05) is 26.4 Å². The maximum atomic E-state index is 12.4. The molecule has 0 heterocycles. The number of nitrogens with one attached hydrogen (secondary N) is 1. The first-order valence-electron chi connectivity index (χ1n) is 10.5. The normalized spacial score (nSPS) is 12.1. The first kappa shape index (κ1) is 26.3. The van der Waals surface area contributed by atoms with E-state index in [9.17, 15) is 4.79 Å². The van der Waals surface area contributed by atoms with Gasteiger partial charge in [-0.15, -0.1) is 0 Å². The summed E-state index contributed by atoms with van der Waals surface area (Å²) >= 11 is 0. The van der Waals surface area contributed by atoms with Gasteiger partial charge in [-0.2, -0.15) is 0 Å². The lowest BCUT2D eigenvalue weighted by Gasteiger charge is -2.34. The Morgan fingerprint density at radius 1 is 0.815 bits per heavy atom. The van der Waals surface area contributed by atoms with Crippen molar-refractivity contribution in [3.05, 3.63) is 0 Å². The van der Waals surface area contributed by atoms with Crippen LogP contribution in [-0.4, -0.2) is 64.3 Å². The molecule has 0 saturated carbocycles. The van der Waals surface area contributed by atoms with Crippen molar-refractivity contribution in [3.8, 4) is 0 Å². The summed E-state index contributed by atoms with van der Waals surface area (Å²) in [5, 5.41) is 3.07. The zero-order chi connectivity index (χ0) is 20.5. The van der Waals surface area contributed by atoms with E-state index in [-0.39, 0.29) is 12.5 Å². The number of hydrogen-bond donors (Lipinski definition) is 1. The summed E-state index contributed by atoms with van der Waals surface area (Å²) in [6.45, 7) is 16.2. The summed E-state index contributed by atoms with van der Waals surface area (Å²) < 4.78 is 23.0. The monoisotopic (exact) mass is 389 g/mol. The molecule has 0 unspecified atom stereocenters. The van der Waals surface area contributed by atoms with Crippen LogP contribution in [0.4, 0.5) is 0 Å². The smallest absolute Gasteiger partial charge is 0.246 e. The van der Waals surface area contributed by atoms with Gasteiger partial charge >= 0.3 is 0 Å². The third-order valence-corrected chi connectivity index (χ3v) is 3.67. The number of carbonyl (C=O) groups excluding carboxylic acids is 1. The summed E-state index contributed by atoms with van der Waals surface area (Å²) in [7, 11) is 0. The van der Waals surface area contributed by atoms with Gasteiger partial charge in [0.05, 0.1) is 19.8 Å². The highest BCUT2D eigenvalue weighted by atomic mass is 16.5. The van der Waals surface area contributed by atoms with Gasteiger partial charge in [0.15, 0.2) is 0 Å². The van der Waals surface area contributed by atoms with Gasteiger partial charge in [0.2, 0.25) is 5.91 Å². The van der Waals surface area contributed by atoms with Gasteiger partial charge in [-0.05, 0) is 24.7 Å². The van der Waals surface area contributed by atoms with Crippen molar-refractivity contribution >= 4 is 5.91 Å². The molecule has 0 aliphatic heterocycles. The Morgan fingerprint density at radius 2 is 1.37 bits per heavy atom. The molecule has 0 spiro atoms. The standard InChI is InChI=1S/C21H43NO5/c1-7-9-11-24-14-20(23)22-21(15-25-10-8-2,16-26-12-18(3)4)17-27-13-19(5)6/h18-19H,7-17H2,1-6H3,(H,22,23). The molecule has 0 atom stereocenters. The highest BCUT2D eigenvalue weighted by Gasteiger charge is 2.34. The zero-order valence-electron chi connectivity index (χ0n) is 18.5. The summed E-state index contributed by atoms with van der Waals surface area (Å²) in [5.41, 5.74) is -0.704. The molecule has 0 aliphatic rings. The predicted octanol–water partition coefficient (Wildman–Crippen LogP) is 3.43. The summed E-state index contributed by atoms with van der Waals surface area (Å²) in [6.07, 6.45) is 2.92. The first-order valence-corrected chi connectivity index (χ1v) is 10.5. The fourth-order valence-corrected chi connectivity index (χ4v) is 2.37. The third kappa shape index (κ3) is 15.0. The molecule has 6 heteroatoms. The van der Waals surface area contributed by atoms with Crippen LogP contribution in [0.25, 0.3) is 0 Å². The van der Waals surface area contributed by atoms with Crippen molar-refractivity contribution in [2.45, 2.75) is 66.3 Å². The minimum absolute atomic E-state index is 0.0455. The Balaban J connectivity index is 4.93. The van der Waals surface area contributed by atoms with Crippen molar-refractivity contribution in [1.29, 1.82) is 0 Å². The molecule has 0 aromatic rings. The third-order valence-electron chi connectivity index (χ3n) is 3.67. The maximum Gasteiger partial charge on any atom is 0.246 e. The number of carbonyl (C=O) groups is 1. The fraction of sp³-hybridized carbons (Fsp3) is 0.952. The predicted molar refractivity (Wildman–Crippen MR) is 109 cm³/mol. The molecule has 1 N–H and O–H groups in total. The van der Waals surface area contributed by atoms with Gasteiger partial charge in [0.1, 0.15) is 12.1 Å². The summed E-state index contributed by atoms with van der Waals surface area (Å²) in [5.74, 6) is 0.681. The summed E-state index contributed by atoms with van der Waals surface area (Å²) in [6, 6.07) is 0. The first-order chi connectivity index (χ1) is 12.8. The van der Waals surface area contributed by atoms with E-state index >= 15 is 0 Å². The number of rotatable bonds is 18. The molecule has 162 valence electrons. The van der Waals surface area contributed by atoms with Crippen LogP contribution >= 0.6 is 0 Å². The Bertz CT molecular complexity index is 346. The Labute approximate surface area is 166 Å². The van der Waals surface area contributed by atoms with Crippen LogP contribution in [0.5, 0.6) is 0 Å². The van der Waals surface area contributed by atoms with E-state index in [0.717, 1.165) is 19.3 Å². The second kappa shape index (κ2) is 16.3. The average molecular weight is 390 g/mol. The van der Waals surface area contributed by atoms with Crippen LogP contribution in [0.2, 0.25) is 0 Å². The second-order valence-corrected chi connectivity index (χ2v) is 8.11. The second-order valence-electron chi connectivity index (χ2n) is 8.11. The van der Waals surface area contributed by atoms with E-state index in [1.165, 1.54) is 0 Å². The lowest BCUT2D eigenvalue weighted by Crippen LogP contribution is -2.59. The molecule has 0 bridgehead atoms. The van der Waals surface area contributed by atoms with Crippen LogP contribution in [0.1, 0.15) is 60.8 Å². The molecule has 0 aromatic carbocycles. The van der Waals surface area contributed by atoms with Gasteiger partial charge in [-0.3, -0.25) is 4.79 Å². The molecule has 0 radical (unpaired) electrons. The number of unbranched alkanes of at least 4 members (excludes halogenated alkanes) is 1. The van der Waals surface area contributed by atoms with E-state index in [0.29, 0.717) is 58.1 Å². The van der Waals surface area contributed by atoms with Gasteiger partial charge in [-0.25, -0.2) is 0 Å². The molecule has 6 nitrogen and oxygen atoms in total. The number of amides is 1. The average Bonchev–Trinajstić information content (AvgIpc) is 2.58. The minimum atomic E-state index is -0.704. The number of ether oxygens (including phenoxy) is 4. The van der Waals surface area contributed by atoms with Crippen LogP contribution in [0.15, 0.2) is 0 Å².